The maximum atomic E-state index is 11.9. The molecule has 1 aliphatic rings. The van der Waals surface area contributed by atoms with E-state index in [4.69, 9.17) is 5.11 Å². The van der Waals surface area contributed by atoms with Crippen molar-refractivity contribution in [2.45, 2.75) is 77.3 Å². The van der Waals surface area contributed by atoms with Gasteiger partial charge in [0.05, 0.1) is 0 Å². The monoisotopic (exact) mass is 284 g/mol. The van der Waals surface area contributed by atoms with Crippen molar-refractivity contribution < 1.29 is 14.7 Å². The van der Waals surface area contributed by atoms with E-state index in [1.807, 2.05) is 6.92 Å². The molecule has 0 spiro atoms. The number of carboxylic acid groups (broad SMARTS) is 1. The molecule has 20 heavy (non-hydrogen) atoms. The van der Waals surface area contributed by atoms with Gasteiger partial charge in [0.25, 0.3) is 0 Å². The Bertz CT molecular complexity index is 320. The highest BCUT2D eigenvalue weighted by Crippen LogP contribution is 2.26. The fourth-order valence-corrected chi connectivity index (χ4v) is 2.88. The SMILES string of the molecule is CCC1CCCC(NC(=O)NC(C)CCCC(=O)O)C1. The second kappa shape index (κ2) is 8.82. The van der Waals surface area contributed by atoms with E-state index in [9.17, 15) is 9.59 Å². The number of hydrogen-bond acceptors (Lipinski definition) is 2. The van der Waals surface area contributed by atoms with Crippen LogP contribution < -0.4 is 10.6 Å². The van der Waals surface area contributed by atoms with E-state index in [1.165, 1.54) is 19.3 Å². The maximum absolute atomic E-state index is 11.9. The van der Waals surface area contributed by atoms with Gasteiger partial charge in [-0.05, 0) is 38.5 Å². The number of carbonyl (C=O) groups excluding carboxylic acids is 1. The Hall–Kier alpha value is -1.26. The molecule has 0 heterocycles. The standard InChI is InChI=1S/C15H28N2O3/c1-3-12-7-5-8-13(10-12)17-15(20)16-11(2)6-4-9-14(18)19/h11-13H,3-10H2,1-2H3,(H,18,19)(H2,16,17,20). The van der Waals surface area contributed by atoms with Crippen LogP contribution in [0, 0.1) is 5.92 Å². The van der Waals surface area contributed by atoms with E-state index in [-0.39, 0.29) is 18.5 Å². The van der Waals surface area contributed by atoms with Crippen molar-refractivity contribution in [3.8, 4) is 0 Å². The van der Waals surface area contributed by atoms with Crippen LogP contribution in [0.5, 0.6) is 0 Å². The number of carboxylic acids is 1. The molecule has 5 nitrogen and oxygen atoms in total. The van der Waals surface area contributed by atoms with E-state index < -0.39 is 5.97 Å². The molecular weight excluding hydrogens is 256 g/mol. The second-order valence-corrected chi connectivity index (χ2v) is 5.94. The number of aliphatic carboxylic acids is 1. The smallest absolute Gasteiger partial charge is 0.315 e. The average molecular weight is 284 g/mol. The third kappa shape index (κ3) is 6.78. The first-order valence-corrected chi connectivity index (χ1v) is 7.80. The molecule has 0 aromatic rings. The molecule has 3 atom stereocenters. The molecule has 1 fully saturated rings. The Kier molecular flexibility index (Phi) is 7.41. The summed E-state index contributed by atoms with van der Waals surface area (Å²) in [4.78, 5) is 22.3. The molecule has 0 aromatic carbocycles. The van der Waals surface area contributed by atoms with Crippen LogP contribution >= 0.6 is 0 Å². The summed E-state index contributed by atoms with van der Waals surface area (Å²) >= 11 is 0. The number of urea groups is 1. The van der Waals surface area contributed by atoms with Gasteiger partial charge in [0.1, 0.15) is 0 Å². The first kappa shape index (κ1) is 16.8. The van der Waals surface area contributed by atoms with Crippen LogP contribution in [-0.4, -0.2) is 29.2 Å². The highest BCUT2D eigenvalue weighted by Gasteiger charge is 2.22. The molecule has 0 aromatic heterocycles. The van der Waals surface area contributed by atoms with Crippen LogP contribution in [0.25, 0.3) is 0 Å². The van der Waals surface area contributed by atoms with Gasteiger partial charge in [-0.15, -0.1) is 0 Å². The first-order valence-electron chi connectivity index (χ1n) is 7.80. The van der Waals surface area contributed by atoms with E-state index in [1.54, 1.807) is 0 Å². The lowest BCUT2D eigenvalue weighted by Gasteiger charge is -2.29. The topological polar surface area (TPSA) is 78.4 Å². The number of hydrogen-bond donors (Lipinski definition) is 3. The van der Waals surface area contributed by atoms with Crippen molar-refractivity contribution in [3.05, 3.63) is 0 Å². The highest BCUT2D eigenvalue weighted by atomic mass is 16.4. The van der Waals surface area contributed by atoms with Crippen molar-refractivity contribution in [1.29, 1.82) is 0 Å². The van der Waals surface area contributed by atoms with E-state index in [2.05, 4.69) is 17.6 Å². The molecule has 0 aliphatic heterocycles. The summed E-state index contributed by atoms with van der Waals surface area (Å²) < 4.78 is 0. The lowest BCUT2D eigenvalue weighted by molar-refractivity contribution is -0.137. The average Bonchev–Trinajstić information content (AvgIpc) is 2.38. The van der Waals surface area contributed by atoms with Crippen molar-refractivity contribution in [2.75, 3.05) is 0 Å². The second-order valence-electron chi connectivity index (χ2n) is 5.94. The van der Waals surface area contributed by atoms with Gasteiger partial charge in [0.15, 0.2) is 0 Å². The Balaban J connectivity index is 2.20. The van der Waals surface area contributed by atoms with Gasteiger partial charge in [0, 0.05) is 18.5 Å². The van der Waals surface area contributed by atoms with Gasteiger partial charge in [-0.25, -0.2) is 4.79 Å². The third-order valence-electron chi connectivity index (χ3n) is 4.10. The van der Waals surface area contributed by atoms with E-state index in [0.717, 1.165) is 18.8 Å². The Morgan fingerprint density at radius 3 is 2.75 bits per heavy atom. The molecule has 3 unspecified atom stereocenters. The highest BCUT2D eigenvalue weighted by molar-refractivity contribution is 5.74. The Morgan fingerprint density at radius 2 is 2.10 bits per heavy atom. The summed E-state index contributed by atoms with van der Waals surface area (Å²) in [6.45, 7) is 4.12. The zero-order chi connectivity index (χ0) is 15.0. The van der Waals surface area contributed by atoms with Gasteiger partial charge < -0.3 is 15.7 Å². The molecule has 0 saturated heterocycles. The molecule has 1 saturated carbocycles. The van der Waals surface area contributed by atoms with Crippen LogP contribution in [0.15, 0.2) is 0 Å². The lowest BCUT2D eigenvalue weighted by atomic mass is 9.84. The number of rotatable bonds is 7. The minimum Gasteiger partial charge on any atom is -0.481 e. The summed E-state index contributed by atoms with van der Waals surface area (Å²) in [5.41, 5.74) is 0. The van der Waals surface area contributed by atoms with E-state index >= 15 is 0 Å². The van der Waals surface area contributed by atoms with Gasteiger partial charge >= 0.3 is 12.0 Å². The van der Waals surface area contributed by atoms with Crippen molar-refractivity contribution in [3.63, 3.8) is 0 Å². The fourth-order valence-electron chi connectivity index (χ4n) is 2.88. The minimum atomic E-state index is -0.783. The normalized spacial score (nSPS) is 23.9. The Labute approximate surface area is 121 Å². The van der Waals surface area contributed by atoms with Crippen molar-refractivity contribution in [1.82, 2.24) is 10.6 Å². The zero-order valence-corrected chi connectivity index (χ0v) is 12.7. The van der Waals surface area contributed by atoms with Gasteiger partial charge in [-0.2, -0.15) is 0 Å². The van der Waals surface area contributed by atoms with Crippen molar-refractivity contribution in [2.24, 2.45) is 5.92 Å². The zero-order valence-electron chi connectivity index (χ0n) is 12.7. The molecule has 1 rings (SSSR count). The summed E-state index contributed by atoms with van der Waals surface area (Å²) in [7, 11) is 0. The molecule has 3 N–H and O–H groups in total. The summed E-state index contributed by atoms with van der Waals surface area (Å²) in [6, 6.07) is 0.189. The number of amides is 2. The predicted octanol–water partition coefficient (Wildman–Crippen LogP) is 2.90. The van der Waals surface area contributed by atoms with Crippen LogP contribution in [0.3, 0.4) is 0 Å². The molecule has 0 radical (unpaired) electrons. The molecule has 5 heteroatoms. The Morgan fingerprint density at radius 1 is 1.35 bits per heavy atom. The molecule has 1 aliphatic carbocycles. The maximum Gasteiger partial charge on any atom is 0.315 e. The first-order chi connectivity index (χ1) is 9.51. The summed E-state index contributed by atoms with van der Waals surface area (Å²) in [5.74, 6) is -0.0449. The molecule has 0 bridgehead atoms. The molecular formula is C15H28N2O3. The number of nitrogens with one attached hydrogen (secondary N) is 2. The third-order valence-corrected chi connectivity index (χ3v) is 4.10. The lowest BCUT2D eigenvalue weighted by Crippen LogP contribution is -2.46. The largest absolute Gasteiger partial charge is 0.481 e. The molecule has 116 valence electrons. The summed E-state index contributed by atoms with van der Waals surface area (Å²) in [6.07, 6.45) is 7.26. The minimum absolute atomic E-state index is 0.0138. The van der Waals surface area contributed by atoms with Crippen LogP contribution in [0.4, 0.5) is 4.79 Å². The summed E-state index contributed by atoms with van der Waals surface area (Å²) in [5, 5.41) is 14.5. The quantitative estimate of drug-likeness (QED) is 0.672. The molecule has 2 amide bonds. The predicted molar refractivity (Wildman–Crippen MR) is 78.7 cm³/mol. The van der Waals surface area contributed by atoms with Crippen LogP contribution in [-0.2, 0) is 4.79 Å². The number of carbonyl (C=O) groups is 2. The van der Waals surface area contributed by atoms with Crippen LogP contribution in [0.2, 0.25) is 0 Å². The van der Waals surface area contributed by atoms with Gasteiger partial charge in [-0.1, -0.05) is 26.2 Å². The van der Waals surface area contributed by atoms with Gasteiger partial charge in [0.2, 0.25) is 0 Å². The van der Waals surface area contributed by atoms with Gasteiger partial charge in [-0.3, -0.25) is 4.79 Å². The van der Waals surface area contributed by atoms with E-state index in [0.29, 0.717) is 18.9 Å². The fraction of sp³-hybridized carbons (Fsp3) is 0.867. The van der Waals surface area contributed by atoms with Crippen molar-refractivity contribution >= 4 is 12.0 Å². The van der Waals surface area contributed by atoms with Crippen LogP contribution in [0.1, 0.15) is 65.2 Å².